The van der Waals surface area contributed by atoms with Crippen molar-refractivity contribution in [1.82, 2.24) is 15.0 Å². The summed E-state index contributed by atoms with van der Waals surface area (Å²) in [5.74, 6) is 1.48. The van der Waals surface area contributed by atoms with Crippen LogP contribution >= 0.6 is 38.9 Å². The van der Waals surface area contributed by atoms with Gasteiger partial charge in [-0.1, -0.05) is 11.6 Å². The highest BCUT2D eigenvalue weighted by atomic mass is 79.9. The zero-order valence-corrected chi connectivity index (χ0v) is 15.1. The highest BCUT2D eigenvalue weighted by Crippen LogP contribution is 2.26. The SMILES string of the molecule is CN(C)c1nc(/C=C/c2nc(Br)cs2)nc2ccc(Cl)cc12. The molecule has 0 spiro atoms. The molecule has 0 saturated carbocycles. The predicted octanol–water partition coefficient (Wildman–Crippen LogP) is 4.74. The van der Waals surface area contributed by atoms with Gasteiger partial charge in [-0.2, -0.15) is 0 Å². The number of thiazole rings is 1. The van der Waals surface area contributed by atoms with Crippen molar-refractivity contribution in [2.24, 2.45) is 0 Å². The van der Waals surface area contributed by atoms with Crippen LogP contribution < -0.4 is 4.90 Å². The predicted molar refractivity (Wildman–Crippen MR) is 97.6 cm³/mol. The Morgan fingerprint density at radius 3 is 2.68 bits per heavy atom. The van der Waals surface area contributed by atoms with E-state index in [4.69, 9.17) is 11.6 Å². The van der Waals surface area contributed by atoms with Gasteiger partial charge in [-0.15, -0.1) is 11.3 Å². The number of rotatable bonds is 3. The van der Waals surface area contributed by atoms with Gasteiger partial charge in [0.15, 0.2) is 5.82 Å². The number of hydrogen-bond donors (Lipinski definition) is 0. The number of hydrogen-bond acceptors (Lipinski definition) is 5. The molecule has 7 heteroatoms. The number of nitrogens with zero attached hydrogens (tertiary/aromatic N) is 4. The van der Waals surface area contributed by atoms with Crippen molar-refractivity contribution in [2.45, 2.75) is 0 Å². The molecule has 3 rings (SSSR count). The zero-order valence-electron chi connectivity index (χ0n) is 11.9. The summed E-state index contributed by atoms with van der Waals surface area (Å²) in [6.45, 7) is 0. The Hall–Kier alpha value is -1.50. The quantitative estimate of drug-likeness (QED) is 0.642. The van der Waals surface area contributed by atoms with E-state index in [2.05, 4.69) is 30.9 Å². The van der Waals surface area contributed by atoms with Gasteiger partial charge in [0.25, 0.3) is 0 Å². The molecule has 0 atom stereocenters. The van der Waals surface area contributed by atoms with E-state index in [1.807, 2.05) is 54.7 Å². The van der Waals surface area contributed by atoms with Gasteiger partial charge in [0.2, 0.25) is 0 Å². The van der Waals surface area contributed by atoms with Gasteiger partial charge in [-0.05, 0) is 46.3 Å². The standard InChI is InChI=1S/C15H12BrClN4S/c1-21(2)15-10-7-9(17)3-4-11(10)18-13(20-15)5-6-14-19-12(16)8-22-14/h3-8H,1-2H3/b6-5+. The first-order chi connectivity index (χ1) is 10.5. The van der Waals surface area contributed by atoms with E-state index in [1.165, 1.54) is 0 Å². The molecule has 0 aliphatic heterocycles. The van der Waals surface area contributed by atoms with E-state index in [1.54, 1.807) is 11.3 Å². The van der Waals surface area contributed by atoms with E-state index >= 15 is 0 Å². The van der Waals surface area contributed by atoms with Crippen molar-refractivity contribution in [2.75, 3.05) is 19.0 Å². The maximum atomic E-state index is 6.08. The minimum absolute atomic E-state index is 0.643. The van der Waals surface area contributed by atoms with Crippen LogP contribution in [0.5, 0.6) is 0 Å². The van der Waals surface area contributed by atoms with Crippen LogP contribution in [-0.4, -0.2) is 29.0 Å². The van der Waals surface area contributed by atoms with Crippen molar-refractivity contribution in [3.05, 3.63) is 44.0 Å². The molecule has 2 heterocycles. The smallest absolute Gasteiger partial charge is 0.155 e. The summed E-state index contributed by atoms with van der Waals surface area (Å²) in [4.78, 5) is 15.4. The van der Waals surface area contributed by atoms with Crippen LogP contribution in [0, 0.1) is 0 Å². The Balaban J connectivity index is 2.07. The number of anilines is 1. The average Bonchev–Trinajstić information content (AvgIpc) is 2.90. The molecule has 1 aromatic carbocycles. The van der Waals surface area contributed by atoms with E-state index in [0.717, 1.165) is 26.3 Å². The third-order valence-electron chi connectivity index (χ3n) is 2.95. The first kappa shape index (κ1) is 15.4. The lowest BCUT2D eigenvalue weighted by Crippen LogP contribution is -2.12. The van der Waals surface area contributed by atoms with Gasteiger partial charge in [-0.25, -0.2) is 15.0 Å². The molecule has 0 N–H and O–H groups in total. The molecule has 0 bridgehead atoms. The molecule has 0 aliphatic carbocycles. The minimum Gasteiger partial charge on any atom is -0.362 e. The van der Waals surface area contributed by atoms with Crippen molar-refractivity contribution in [1.29, 1.82) is 0 Å². The molecule has 2 aromatic heterocycles. The Kier molecular flexibility index (Phi) is 4.42. The van der Waals surface area contributed by atoms with Crippen LogP contribution in [-0.2, 0) is 0 Å². The fraction of sp³-hybridized carbons (Fsp3) is 0.133. The molecule has 0 fully saturated rings. The van der Waals surface area contributed by atoms with Crippen LogP contribution in [0.15, 0.2) is 28.2 Å². The van der Waals surface area contributed by atoms with Crippen LogP contribution in [0.1, 0.15) is 10.8 Å². The second-order valence-electron chi connectivity index (χ2n) is 4.80. The third kappa shape index (κ3) is 3.29. The van der Waals surface area contributed by atoms with Crippen molar-refractivity contribution < 1.29 is 0 Å². The maximum Gasteiger partial charge on any atom is 0.155 e. The zero-order chi connectivity index (χ0) is 15.7. The summed E-state index contributed by atoms with van der Waals surface area (Å²) in [5.41, 5.74) is 0.864. The van der Waals surface area contributed by atoms with E-state index in [9.17, 15) is 0 Å². The van der Waals surface area contributed by atoms with Crippen molar-refractivity contribution in [3.63, 3.8) is 0 Å². The lowest BCUT2D eigenvalue weighted by Gasteiger charge is -2.14. The molecule has 4 nitrogen and oxygen atoms in total. The van der Waals surface area contributed by atoms with E-state index in [0.29, 0.717) is 10.8 Å². The lowest BCUT2D eigenvalue weighted by atomic mass is 10.2. The Morgan fingerprint density at radius 1 is 1.18 bits per heavy atom. The molecular weight excluding hydrogens is 384 g/mol. The summed E-state index contributed by atoms with van der Waals surface area (Å²) in [6, 6.07) is 5.63. The van der Waals surface area contributed by atoms with Crippen LogP contribution in [0.4, 0.5) is 5.82 Å². The second-order valence-corrected chi connectivity index (χ2v) is 6.94. The van der Waals surface area contributed by atoms with Gasteiger partial charge in [0.05, 0.1) is 5.52 Å². The number of halogens is 2. The second kappa shape index (κ2) is 6.32. The summed E-state index contributed by atoms with van der Waals surface area (Å²) in [6.07, 6.45) is 3.78. The van der Waals surface area contributed by atoms with Gasteiger partial charge in [0.1, 0.15) is 15.4 Å². The Morgan fingerprint density at radius 2 is 2.00 bits per heavy atom. The van der Waals surface area contributed by atoms with Crippen molar-refractivity contribution >= 4 is 67.7 Å². The average molecular weight is 396 g/mol. The monoisotopic (exact) mass is 394 g/mol. The summed E-state index contributed by atoms with van der Waals surface area (Å²) in [5, 5.41) is 4.45. The fourth-order valence-corrected chi connectivity index (χ4v) is 3.34. The van der Waals surface area contributed by atoms with Crippen molar-refractivity contribution in [3.8, 4) is 0 Å². The normalized spacial score (nSPS) is 11.5. The van der Waals surface area contributed by atoms with Gasteiger partial charge < -0.3 is 4.90 Å². The molecule has 0 radical (unpaired) electrons. The van der Waals surface area contributed by atoms with Gasteiger partial charge in [0, 0.05) is 29.9 Å². The van der Waals surface area contributed by atoms with E-state index < -0.39 is 0 Å². The molecule has 0 saturated heterocycles. The molecule has 0 aliphatic rings. The number of benzene rings is 1. The first-order valence-corrected chi connectivity index (χ1v) is 8.52. The van der Waals surface area contributed by atoms with Crippen LogP contribution in [0.2, 0.25) is 5.02 Å². The fourth-order valence-electron chi connectivity index (χ4n) is 2.01. The largest absolute Gasteiger partial charge is 0.362 e. The molecule has 22 heavy (non-hydrogen) atoms. The summed E-state index contributed by atoms with van der Waals surface area (Å²) >= 11 is 11.0. The summed E-state index contributed by atoms with van der Waals surface area (Å²) in [7, 11) is 3.90. The highest BCUT2D eigenvalue weighted by Gasteiger charge is 2.09. The van der Waals surface area contributed by atoms with Gasteiger partial charge in [-0.3, -0.25) is 0 Å². The maximum absolute atomic E-state index is 6.08. The Bertz CT molecular complexity index is 860. The minimum atomic E-state index is 0.643. The first-order valence-electron chi connectivity index (χ1n) is 6.46. The van der Waals surface area contributed by atoms with Crippen LogP contribution in [0.25, 0.3) is 23.1 Å². The van der Waals surface area contributed by atoms with Crippen LogP contribution in [0.3, 0.4) is 0 Å². The molecular formula is C15H12BrClN4S. The lowest BCUT2D eigenvalue weighted by molar-refractivity contribution is 1.05. The topological polar surface area (TPSA) is 41.9 Å². The van der Waals surface area contributed by atoms with E-state index in [-0.39, 0.29) is 0 Å². The number of fused-ring (bicyclic) bond motifs is 1. The molecule has 112 valence electrons. The van der Waals surface area contributed by atoms with Gasteiger partial charge >= 0.3 is 0 Å². The molecule has 3 aromatic rings. The molecule has 0 amide bonds. The highest BCUT2D eigenvalue weighted by molar-refractivity contribution is 9.10. The Labute approximate surface area is 145 Å². The third-order valence-corrected chi connectivity index (χ3v) is 4.70. The number of aromatic nitrogens is 3. The summed E-state index contributed by atoms with van der Waals surface area (Å²) < 4.78 is 0.834. The molecule has 0 unspecified atom stereocenters.